The Bertz CT molecular complexity index is 539. The Hall–Kier alpha value is -1.97. The van der Waals surface area contributed by atoms with Crippen molar-refractivity contribution < 1.29 is 14.3 Å². The second-order valence-electron chi connectivity index (χ2n) is 4.44. The maximum Gasteiger partial charge on any atom is 0.306 e. The number of nitrogens with one attached hydrogen (secondary N) is 1. The van der Waals surface area contributed by atoms with E-state index in [2.05, 4.69) is 11.1 Å². The van der Waals surface area contributed by atoms with Crippen molar-refractivity contribution in [3.63, 3.8) is 0 Å². The van der Waals surface area contributed by atoms with Gasteiger partial charge >= 0.3 is 5.97 Å². The van der Waals surface area contributed by atoms with Crippen molar-refractivity contribution in [2.75, 3.05) is 0 Å². The number of carboxylic acids is 1. The summed E-state index contributed by atoms with van der Waals surface area (Å²) in [5, 5.41) is 9.02. The minimum Gasteiger partial charge on any atom is -0.481 e. The molecule has 0 saturated heterocycles. The van der Waals surface area contributed by atoms with E-state index in [9.17, 15) is 4.79 Å². The Morgan fingerprint density at radius 3 is 3.12 bits per heavy atom. The number of fused-ring (bicyclic) bond motifs is 1. The SMILES string of the molecule is O=C(O)C1CCc2cc(-c3ccco3)[nH]c2C1. The molecule has 88 valence electrons. The number of aromatic nitrogens is 1. The number of carbonyl (C=O) groups is 1. The third-order valence-corrected chi connectivity index (χ3v) is 3.34. The van der Waals surface area contributed by atoms with Crippen LogP contribution in [-0.2, 0) is 17.6 Å². The molecule has 1 atom stereocenters. The van der Waals surface area contributed by atoms with Crippen LogP contribution in [0.25, 0.3) is 11.5 Å². The fourth-order valence-corrected chi connectivity index (χ4v) is 2.40. The number of aliphatic carboxylic acids is 1. The van der Waals surface area contributed by atoms with Crippen LogP contribution >= 0.6 is 0 Å². The minimum absolute atomic E-state index is 0.259. The first-order valence-corrected chi connectivity index (χ1v) is 5.71. The van der Waals surface area contributed by atoms with Gasteiger partial charge in [0, 0.05) is 12.1 Å². The van der Waals surface area contributed by atoms with Crippen molar-refractivity contribution in [3.8, 4) is 11.5 Å². The van der Waals surface area contributed by atoms with Gasteiger partial charge in [-0.1, -0.05) is 0 Å². The van der Waals surface area contributed by atoms with E-state index in [1.54, 1.807) is 6.26 Å². The van der Waals surface area contributed by atoms with Crippen molar-refractivity contribution >= 4 is 5.97 Å². The van der Waals surface area contributed by atoms with Crippen LogP contribution in [0.3, 0.4) is 0 Å². The van der Waals surface area contributed by atoms with Crippen molar-refractivity contribution in [1.29, 1.82) is 0 Å². The van der Waals surface area contributed by atoms with Gasteiger partial charge in [-0.15, -0.1) is 0 Å². The molecule has 0 aromatic carbocycles. The first-order valence-electron chi connectivity index (χ1n) is 5.71. The van der Waals surface area contributed by atoms with Crippen LogP contribution < -0.4 is 0 Å². The predicted octanol–water partition coefficient (Wildman–Crippen LogP) is 2.46. The molecule has 0 saturated carbocycles. The van der Waals surface area contributed by atoms with Crippen molar-refractivity contribution in [3.05, 3.63) is 35.7 Å². The highest BCUT2D eigenvalue weighted by Crippen LogP contribution is 2.30. The number of aryl methyl sites for hydroxylation is 1. The van der Waals surface area contributed by atoms with E-state index in [1.165, 1.54) is 5.56 Å². The van der Waals surface area contributed by atoms with Gasteiger partial charge in [-0.05, 0) is 36.6 Å². The van der Waals surface area contributed by atoms with Crippen LogP contribution in [0.15, 0.2) is 28.9 Å². The topological polar surface area (TPSA) is 66.2 Å². The zero-order valence-electron chi connectivity index (χ0n) is 9.27. The molecular formula is C13H13NO3. The van der Waals surface area contributed by atoms with Gasteiger partial charge in [-0.3, -0.25) is 4.79 Å². The number of hydrogen-bond donors (Lipinski definition) is 2. The van der Waals surface area contributed by atoms with Crippen LogP contribution in [-0.4, -0.2) is 16.1 Å². The summed E-state index contributed by atoms with van der Waals surface area (Å²) in [7, 11) is 0. The van der Waals surface area contributed by atoms with Gasteiger partial charge in [0.05, 0.1) is 17.9 Å². The van der Waals surface area contributed by atoms with E-state index >= 15 is 0 Å². The molecule has 3 rings (SSSR count). The molecule has 4 nitrogen and oxygen atoms in total. The van der Waals surface area contributed by atoms with Gasteiger partial charge in [0.15, 0.2) is 0 Å². The molecule has 0 radical (unpaired) electrons. The van der Waals surface area contributed by atoms with Gasteiger partial charge in [-0.2, -0.15) is 0 Å². The average Bonchev–Trinajstić information content (AvgIpc) is 2.96. The average molecular weight is 231 g/mol. The van der Waals surface area contributed by atoms with E-state index in [-0.39, 0.29) is 5.92 Å². The number of aromatic amines is 1. The first-order chi connectivity index (χ1) is 8.24. The van der Waals surface area contributed by atoms with Crippen LogP contribution in [0.1, 0.15) is 17.7 Å². The fourth-order valence-electron chi connectivity index (χ4n) is 2.40. The second-order valence-corrected chi connectivity index (χ2v) is 4.44. The van der Waals surface area contributed by atoms with Crippen molar-refractivity contribution in [2.45, 2.75) is 19.3 Å². The maximum atomic E-state index is 11.0. The van der Waals surface area contributed by atoms with Crippen molar-refractivity contribution in [1.82, 2.24) is 4.98 Å². The van der Waals surface area contributed by atoms with Crippen LogP contribution in [0.4, 0.5) is 0 Å². The lowest BCUT2D eigenvalue weighted by atomic mass is 9.88. The molecule has 4 heteroatoms. The third kappa shape index (κ3) is 1.75. The summed E-state index contributed by atoms with van der Waals surface area (Å²) in [6, 6.07) is 5.80. The number of rotatable bonds is 2. The normalized spacial score (nSPS) is 18.9. The summed E-state index contributed by atoms with van der Waals surface area (Å²) < 4.78 is 5.32. The Morgan fingerprint density at radius 2 is 2.41 bits per heavy atom. The Morgan fingerprint density at radius 1 is 1.53 bits per heavy atom. The summed E-state index contributed by atoms with van der Waals surface area (Å²) in [6.07, 6.45) is 3.77. The van der Waals surface area contributed by atoms with Gasteiger partial charge in [0.1, 0.15) is 5.76 Å². The highest BCUT2D eigenvalue weighted by molar-refractivity contribution is 5.71. The molecule has 2 N–H and O–H groups in total. The summed E-state index contributed by atoms with van der Waals surface area (Å²) in [6.45, 7) is 0. The van der Waals surface area contributed by atoms with Gasteiger partial charge in [-0.25, -0.2) is 0 Å². The van der Waals surface area contributed by atoms with Gasteiger partial charge in [0.2, 0.25) is 0 Å². The molecule has 2 heterocycles. The molecule has 0 spiro atoms. The number of H-pyrrole nitrogens is 1. The highest BCUT2D eigenvalue weighted by atomic mass is 16.4. The highest BCUT2D eigenvalue weighted by Gasteiger charge is 2.26. The number of carboxylic acid groups (broad SMARTS) is 1. The van der Waals surface area contributed by atoms with Gasteiger partial charge < -0.3 is 14.5 Å². The molecule has 0 aliphatic heterocycles. The quantitative estimate of drug-likeness (QED) is 0.834. The molecule has 1 aliphatic rings. The number of furan rings is 1. The van der Waals surface area contributed by atoms with Crippen LogP contribution in [0.2, 0.25) is 0 Å². The standard InChI is InChI=1S/C13H13NO3/c15-13(16)9-4-3-8-6-11(14-10(8)7-9)12-2-1-5-17-12/h1-2,5-6,9,14H,3-4,7H2,(H,15,16). The lowest BCUT2D eigenvalue weighted by molar-refractivity contribution is -0.142. The monoisotopic (exact) mass is 231 g/mol. The summed E-state index contributed by atoms with van der Waals surface area (Å²) in [5.74, 6) is -0.165. The molecule has 1 aliphatic carbocycles. The maximum absolute atomic E-state index is 11.0. The van der Waals surface area contributed by atoms with Crippen LogP contribution in [0.5, 0.6) is 0 Å². The Kier molecular flexibility index (Phi) is 2.28. The predicted molar refractivity (Wildman–Crippen MR) is 61.6 cm³/mol. The van der Waals surface area contributed by atoms with E-state index in [1.807, 2.05) is 12.1 Å². The third-order valence-electron chi connectivity index (χ3n) is 3.34. The van der Waals surface area contributed by atoms with E-state index in [0.29, 0.717) is 6.42 Å². The summed E-state index contributed by atoms with van der Waals surface area (Å²) in [5.41, 5.74) is 3.19. The second kappa shape index (κ2) is 3.80. The summed E-state index contributed by atoms with van der Waals surface area (Å²) in [4.78, 5) is 14.2. The number of hydrogen-bond acceptors (Lipinski definition) is 2. The first kappa shape index (κ1) is 10.2. The molecule has 1 unspecified atom stereocenters. The lowest BCUT2D eigenvalue weighted by Gasteiger charge is -2.17. The fraction of sp³-hybridized carbons (Fsp3) is 0.308. The smallest absolute Gasteiger partial charge is 0.306 e. The zero-order valence-corrected chi connectivity index (χ0v) is 9.27. The molecular weight excluding hydrogens is 218 g/mol. The lowest BCUT2D eigenvalue weighted by Crippen LogP contribution is -2.21. The Balaban J connectivity index is 1.92. The Labute approximate surface area is 98.3 Å². The van der Waals surface area contributed by atoms with E-state index < -0.39 is 5.97 Å². The molecule has 2 aromatic rings. The minimum atomic E-state index is -0.704. The zero-order chi connectivity index (χ0) is 11.8. The molecule has 0 fully saturated rings. The molecule has 0 bridgehead atoms. The van der Waals surface area contributed by atoms with E-state index in [4.69, 9.17) is 9.52 Å². The van der Waals surface area contributed by atoms with E-state index in [0.717, 1.165) is 30.0 Å². The molecule has 0 amide bonds. The molecule has 17 heavy (non-hydrogen) atoms. The van der Waals surface area contributed by atoms with Crippen LogP contribution in [0, 0.1) is 5.92 Å². The largest absolute Gasteiger partial charge is 0.481 e. The van der Waals surface area contributed by atoms with Crippen molar-refractivity contribution in [2.24, 2.45) is 5.92 Å². The van der Waals surface area contributed by atoms with Gasteiger partial charge in [0.25, 0.3) is 0 Å². The summed E-state index contributed by atoms with van der Waals surface area (Å²) >= 11 is 0. The molecule has 2 aromatic heterocycles.